The van der Waals surface area contributed by atoms with Crippen molar-refractivity contribution in [3.8, 4) is 0 Å². The standard InChI is InChI=1S/C20H23N3O4S/c1-20(2)8-12-15(17(26)16(25)13-10-21-11-22(13)3)19(23-4-6-27-7-5-23)28-18(12)14(24)9-20/h10-11H,4-9H2,1-3H3. The number of carbonyl (C=O) groups is 3. The Morgan fingerprint density at radius 3 is 2.54 bits per heavy atom. The summed E-state index contributed by atoms with van der Waals surface area (Å²) >= 11 is 1.35. The highest BCUT2D eigenvalue weighted by Gasteiger charge is 2.40. The minimum Gasteiger partial charge on any atom is -0.378 e. The summed E-state index contributed by atoms with van der Waals surface area (Å²) in [6, 6.07) is 0. The Labute approximate surface area is 167 Å². The number of carbonyl (C=O) groups excluding carboxylic acids is 3. The van der Waals surface area contributed by atoms with Gasteiger partial charge in [-0.1, -0.05) is 13.8 Å². The van der Waals surface area contributed by atoms with Crippen molar-refractivity contribution in [3.63, 3.8) is 0 Å². The zero-order chi connectivity index (χ0) is 20.1. The van der Waals surface area contributed by atoms with E-state index in [1.54, 1.807) is 11.6 Å². The monoisotopic (exact) mass is 401 g/mol. The SMILES string of the molecule is Cn1cncc1C(=O)C(=O)c1c(N2CCOCC2)sc2c1CC(C)(C)CC2=O. The summed E-state index contributed by atoms with van der Waals surface area (Å²) in [6.07, 6.45) is 3.96. The molecule has 0 atom stereocenters. The van der Waals surface area contributed by atoms with Crippen LogP contribution in [0.15, 0.2) is 12.5 Å². The van der Waals surface area contributed by atoms with Crippen molar-refractivity contribution >= 4 is 33.7 Å². The molecule has 2 aromatic heterocycles. The third kappa shape index (κ3) is 3.20. The third-order valence-electron chi connectivity index (χ3n) is 5.32. The van der Waals surface area contributed by atoms with Gasteiger partial charge in [0.2, 0.25) is 5.78 Å². The van der Waals surface area contributed by atoms with Gasteiger partial charge in [0.05, 0.1) is 36.2 Å². The van der Waals surface area contributed by atoms with Crippen LogP contribution < -0.4 is 4.90 Å². The normalized spacial score (nSPS) is 18.8. The Morgan fingerprint density at radius 2 is 1.89 bits per heavy atom. The fourth-order valence-corrected chi connectivity index (χ4v) is 5.24. The van der Waals surface area contributed by atoms with Gasteiger partial charge >= 0.3 is 0 Å². The second-order valence-electron chi connectivity index (χ2n) is 8.18. The van der Waals surface area contributed by atoms with Crippen LogP contribution in [0.1, 0.15) is 56.3 Å². The molecule has 1 fully saturated rings. The van der Waals surface area contributed by atoms with Crippen LogP contribution in [0.2, 0.25) is 0 Å². The Balaban J connectivity index is 1.84. The Hall–Kier alpha value is -2.32. The zero-order valence-electron chi connectivity index (χ0n) is 16.3. The number of nitrogens with zero attached hydrogens (tertiary/aromatic N) is 3. The molecular weight excluding hydrogens is 378 g/mol. The number of fused-ring (bicyclic) bond motifs is 1. The van der Waals surface area contributed by atoms with Gasteiger partial charge in [0.15, 0.2) is 5.78 Å². The van der Waals surface area contributed by atoms with Gasteiger partial charge < -0.3 is 14.2 Å². The molecule has 3 heterocycles. The topological polar surface area (TPSA) is 81.5 Å². The van der Waals surface area contributed by atoms with Crippen LogP contribution in [0.25, 0.3) is 0 Å². The molecule has 148 valence electrons. The molecular formula is C20H23N3O4S. The van der Waals surface area contributed by atoms with E-state index >= 15 is 0 Å². The second kappa shape index (κ2) is 6.93. The number of ether oxygens (including phenoxy) is 1. The van der Waals surface area contributed by atoms with Crippen molar-refractivity contribution < 1.29 is 19.1 Å². The van der Waals surface area contributed by atoms with Crippen molar-refractivity contribution in [1.82, 2.24) is 9.55 Å². The molecule has 0 unspecified atom stereocenters. The number of aromatic nitrogens is 2. The van der Waals surface area contributed by atoms with Crippen LogP contribution in [0.3, 0.4) is 0 Å². The van der Waals surface area contributed by atoms with E-state index in [0.29, 0.717) is 49.6 Å². The maximum Gasteiger partial charge on any atom is 0.251 e. The number of hydrogen-bond acceptors (Lipinski definition) is 7. The maximum absolute atomic E-state index is 13.4. The molecule has 1 saturated heterocycles. The molecule has 0 spiro atoms. The summed E-state index contributed by atoms with van der Waals surface area (Å²) in [5.41, 5.74) is 1.14. The fraction of sp³-hybridized carbons (Fsp3) is 0.500. The average molecular weight is 401 g/mol. The van der Waals surface area contributed by atoms with Crippen molar-refractivity contribution in [3.05, 3.63) is 34.2 Å². The molecule has 28 heavy (non-hydrogen) atoms. The molecule has 1 aliphatic heterocycles. The van der Waals surface area contributed by atoms with E-state index in [-0.39, 0.29) is 16.9 Å². The molecule has 0 radical (unpaired) electrons. The number of thiophene rings is 1. The third-order valence-corrected chi connectivity index (χ3v) is 6.65. The lowest BCUT2D eigenvalue weighted by molar-refractivity contribution is 0.0810. The minimum absolute atomic E-state index is 0.0535. The van der Waals surface area contributed by atoms with E-state index in [4.69, 9.17) is 4.74 Å². The molecule has 8 heteroatoms. The van der Waals surface area contributed by atoms with E-state index in [0.717, 1.165) is 10.6 Å². The molecule has 7 nitrogen and oxygen atoms in total. The predicted octanol–water partition coefficient (Wildman–Crippen LogP) is 2.54. The van der Waals surface area contributed by atoms with Gasteiger partial charge in [-0.3, -0.25) is 14.4 Å². The van der Waals surface area contributed by atoms with Gasteiger partial charge in [0.1, 0.15) is 10.7 Å². The highest BCUT2D eigenvalue weighted by atomic mass is 32.1. The van der Waals surface area contributed by atoms with E-state index in [1.807, 2.05) is 13.8 Å². The maximum atomic E-state index is 13.4. The highest BCUT2D eigenvalue weighted by molar-refractivity contribution is 7.18. The molecule has 1 aliphatic carbocycles. The van der Waals surface area contributed by atoms with Crippen molar-refractivity contribution in [2.45, 2.75) is 26.7 Å². The smallest absolute Gasteiger partial charge is 0.251 e. The first-order valence-electron chi connectivity index (χ1n) is 9.35. The van der Waals surface area contributed by atoms with Gasteiger partial charge in [-0.05, 0) is 17.4 Å². The molecule has 0 aromatic carbocycles. The first-order valence-corrected chi connectivity index (χ1v) is 10.2. The van der Waals surface area contributed by atoms with Crippen molar-refractivity contribution in [2.24, 2.45) is 12.5 Å². The Kier molecular flexibility index (Phi) is 4.71. The molecule has 2 aliphatic rings. The number of ketones is 3. The number of aryl methyl sites for hydroxylation is 1. The van der Waals surface area contributed by atoms with Crippen LogP contribution in [-0.4, -0.2) is 53.2 Å². The minimum atomic E-state index is -0.592. The second-order valence-corrected chi connectivity index (χ2v) is 9.18. The summed E-state index contributed by atoms with van der Waals surface area (Å²) in [5.74, 6) is -1.10. The number of morpholine rings is 1. The van der Waals surface area contributed by atoms with Gasteiger partial charge in [0.25, 0.3) is 5.78 Å². The number of rotatable bonds is 4. The quantitative estimate of drug-likeness (QED) is 0.578. The first kappa shape index (κ1) is 19.0. The van der Waals surface area contributed by atoms with Gasteiger partial charge in [-0.15, -0.1) is 11.3 Å². The van der Waals surface area contributed by atoms with Crippen LogP contribution in [0, 0.1) is 5.41 Å². The lowest BCUT2D eigenvalue weighted by Crippen LogP contribution is -2.37. The molecule has 0 N–H and O–H groups in total. The predicted molar refractivity (Wildman–Crippen MR) is 106 cm³/mol. The summed E-state index contributed by atoms with van der Waals surface area (Å²) < 4.78 is 6.98. The van der Waals surface area contributed by atoms with E-state index in [2.05, 4.69) is 9.88 Å². The largest absolute Gasteiger partial charge is 0.378 e. The summed E-state index contributed by atoms with van der Waals surface area (Å²) in [6.45, 7) is 6.44. The molecule has 2 aromatic rings. The van der Waals surface area contributed by atoms with Gasteiger partial charge in [-0.2, -0.15) is 0 Å². The van der Waals surface area contributed by atoms with Gasteiger partial charge in [0, 0.05) is 26.6 Å². The van der Waals surface area contributed by atoms with Crippen LogP contribution in [0.5, 0.6) is 0 Å². The van der Waals surface area contributed by atoms with Crippen LogP contribution in [-0.2, 0) is 18.2 Å². The molecule has 0 saturated carbocycles. The number of hydrogen-bond donors (Lipinski definition) is 0. The number of anilines is 1. The van der Waals surface area contributed by atoms with E-state index in [1.165, 1.54) is 23.9 Å². The van der Waals surface area contributed by atoms with Crippen LogP contribution in [0.4, 0.5) is 5.00 Å². The van der Waals surface area contributed by atoms with Gasteiger partial charge in [-0.25, -0.2) is 4.98 Å². The molecule has 4 rings (SSSR count). The summed E-state index contributed by atoms with van der Waals surface area (Å²) in [4.78, 5) is 45.7. The summed E-state index contributed by atoms with van der Waals surface area (Å²) in [7, 11) is 1.69. The zero-order valence-corrected chi connectivity index (χ0v) is 17.1. The first-order chi connectivity index (χ1) is 13.3. The number of Topliss-reactive ketones (excluding diaryl/α,β-unsaturated/α-hetero) is 3. The van der Waals surface area contributed by atoms with E-state index in [9.17, 15) is 14.4 Å². The lowest BCUT2D eigenvalue weighted by atomic mass is 9.75. The van der Waals surface area contributed by atoms with Crippen molar-refractivity contribution in [2.75, 3.05) is 31.2 Å². The van der Waals surface area contributed by atoms with Crippen molar-refractivity contribution in [1.29, 1.82) is 0 Å². The molecule has 0 bridgehead atoms. The highest BCUT2D eigenvalue weighted by Crippen LogP contribution is 2.45. The average Bonchev–Trinajstić information content (AvgIpc) is 3.24. The fourth-order valence-electron chi connectivity index (χ4n) is 3.93. The Bertz CT molecular complexity index is 966. The molecule has 0 amide bonds. The van der Waals surface area contributed by atoms with E-state index < -0.39 is 11.6 Å². The number of imidazole rings is 1. The van der Waals surface area contributed by atoms with Crippen LogP contribution >= 0.6 is 11.3 Å². The Morgan fingerprint density at radius 1 is 1.18 bits per heavy atom. The summed E-state index contributed by atoms with van der Waals surface area (Å²) in [5, 5.41) is 0.722. The lowest BCUT2D eigenvalue weighted by Gasteiger charge is -2.29.